The van der Waals surface area contributed by atoms with E-state index in [1.165, 1.54) is 45.2 Å². The highest BCUT2D eigenvalue weighted by Gasteiger charge is 2.32. The van der Waals surface area contributed by atoms with Crippen molar-refractivity contribution in [1.29, 1.82) is 0 Å². The molecule has 0 spiro atoms. The van der Waals surface area contributed by atoms with Gasteiger partial charge in [-0.2, -0.15) is 0 Å². The molecule has 3 nitrogen and oxygen atoms in total. The van der Waals surface area contributed by atoms with Crippen LogP contribution in [-0.2, 0) is 4.74 Å². The first-order chi connectivity index (χ1) is 9.70. The molecule has 0 aromatic heterocycles. The highest BCUT2D eigenvalue weighted by Crippen LogP contribution is 2.26. The van der Waals surface area contributed by atoms with Gasteiger partial charge in [-0.3, -0.25) is 4.90 Å². The maximum absolute atomic E-state index is 5.72. The van der Waals surface area contributed by atoms with E-state index in [-0.39, 0.29) is 0 Å². The Morgan fingerprint density at radius 1 is 1.20 bits per heavy atom. The van der Waals surface area contributed by atoms with E-state index in [1.807, 2.05) is 0 Å². The molecule has 2 unspecified atom stereocenters. The van der Waals surface area contributed by atoms with Crippen LogP contribution < -0.4 is 5.32 Å². The quantitative estimate of drug-likeness (QED) is 0.741. The van der Waals surface area contributed by atoms with Crippen molar-refractivity contribution in [3.8, 4) is 0 Å². The van der Waals surface area contributed by atoms with Crippen LogP contribution in [0.4, 0.5) is 0 Å². The Hall–Kier alpha value is -0.120. The number of nitrogens with zero attached hydrogens (tertiary/aromatic N) is 1. The number of hydrogen-bond acceptors (Lipinski definition) is 3. The summed E-state index contributed by atoms with van der Waals surface area (Å²) in [5, 5.41) is 3.60. The highest BCUT2D eigenvalue weighted by molar-refractivity contribution is 4.86. The van der Waals surface area contributed by atoms with E-state index in [1.54, 1.807) is 0 Å². The van der Waals surface area contributed by atoms with E-state index in [9.17, 15) is 0 Å². The highest BCUT2D eigenvalue weighted by atomic mass is 16.5. The number of likely N-dealkylation sites (N-methyl/N-ethyl adjacent to an activating group) is 1. The van der Waals surface area contributed by atoms with Gasteiger partial charge in [0.25, 0.3) is 0 Å². The molecule has 2 aliphatic rings. The van der Waals surface area contributed by atoms with Crippen LogP contribution in [0.5, 0.6) is 0 Å². The lowest BCUT2D eigenvalue weighted by molar-refractivity contribution is 0.137. The smallest absolute Gasteiger partial charge is 0.0623 e. The Labute approximate surface area is 125 Å². The van der Waals surface area contributed by atoms with E-state index < -0.39 is 0 Å². The Balaban J connectivity index is 1.88. The van der Waals surface area contributed by atoms with E-state index in [0.29, 0.717) is 12.0 Å². The SMILES string of the molecule is CCNC1COCC1CN(CCC(C)C)C1CCCC1. The van der Waals surface area contributed by atoms with Gasteiger partial charge in [-0.1, -0.05) is 33.6 Å². The molecule has 1 N–H and O–H groups in total. The van der Waals surface area contributed by atoms with Crippen molar-refractivity contribution in [1.82, 2.24) is 10.2 Å². The summed E-state index contributed by atoms with van der Waals surface area (Å²) in [6.45, 7) is 12.3. The third-order valence-corrected chi connectivity index (χ3v) is 4.97. The number of hydrogen-bond donors (Lipinski definition) is 1. The minimum Gasteiger partial charge on any atom is -0.379 e. The van der Waals surface area contributed by atoms with Gasteiger partial charge in [0, 0.05) is 24.5 Å². The van der Waals surface area contributed by atoms with Crippen molar-refractivity contribution in [2.75, 3.05) is 32.8 Å². The minimum atomic E-state index is 0.572. The molecule has 2 atom stereocenters. The summed E-state index contributed by atoms with van der Waals surface area (Å²) in [4.78, 5) is 2.79. The van der Waals surface area contributed by atoms with Gasteiger partial charge in [-0.25, -0.2) is 0 Å². The van der Waals surface area contributed by atoms with Crippen LogP contribution in [0, 0.1) is 11.8 Å². The second-order valence-corrected chi connectivity index (χ2v) is 7.08. The summed E-state index contributed by atoms with van der Waals surface area (Å²) in [6, 6.07) is 1.42. The summed E-state index contributed by atoms with van der Waals surface area (Å²) in [5.74, 6) is 1.49. The molecule has 1 saturated carbocycles. The summed E-state index contributed by atoms with van der Waals surface area (Å²) < 4.78 is 5.72. The molecule has 0 aromatic rings. The molecule has 0 bridgehead atoms. The zero-order valence-electron chi connectivity index (χ0n) is 13.7. The lowest BCUT2D eigenvalue weighted by Gasteiger charge is -2.33. The van der Waals surface area contributed by atoms with Crippen molar-refractivity contribution < 1.29 is 4.74 Å². The van der Waals surface area contributed by atoms with Gasteiger partial charge in [0.1, 0.15) is 0 Å². The predicted molar refractivity (Wildman–Crippen MR) is 85.1 cm³/mol. The van der Waals surface area contributed by atoms with Gasteiger partial charge in [-0.05, 0) is 38.3 Å². The average molecular weight is 282 g/mol. The molecule has 2 rings (SSSR count). The molecule has 3 heteroatoms. The molecule has 2 fully saturated rings. The molecule has 1 aliphatic heterocycles. The first-order valence-electron chi connectivity index (χ1n) is 8.75. The van der Waals surface area contributed by atoms with Gasteiger partial charge in [0.05, 0.1) is 13.2 Å². The van der Waals surface area contributed by atoms with E-state index >= 15 is 0 Å². The third kappa shape index (κ3) is 4.71. The Morgan fingerprint density at radius 3 is 2.60 bits per heavy atom. The van der Waals surface area contributed by atoms with Crippen LogP contribution in [0.15, 0.2) is 0 Å². The summed E-state index contributed by atoms with van der Waals surface area (Å²) in [6.07, 6.45) is 7.02. The van der Waals surface area contributed by atoms with Crippen molar-refractivity contribution >= 4 is 0 Å². The lowest BCUT2D eigenvalue weighted by atomic mass is 10.0. The van der Waals surface area contributed by atoms with E-state index in [2.05, 4.69) is 31.0 Å². The molecule has 0 radical (unpaired) electrons. The van der Waals surface area contributed by atoms with Crippen LogP contribution in [0.1, 0.15) is 52.9 Å². The fourth-order valence-electron chi connectivity index (χ4n) is 3.68. The lowest BCUT2D eigenvalue weighted by Crippen LogP contribution is -2.45. The molecule has 1 saturated heterocycles. The maximum Gasteiger partial charge on any atom is 0.0623 e. The number of nitrogens with one attached hydrogen (secondary N) is 1. The second-order valence-electron chi connectivity index (χ2n) is 7.08. The molecule has 0 aromatic carbocycles. The summed E-state index contributed by atoms with van der Waals surface area (Å²) in [5.41, 5.74) is 0. The zero-order chi connectivity index (χ0) is 14.4. The van der Waals surface area contributed by atoms with E-state index in [0.717, 1.165) is 31.7 Å². The molecule has 1 heterocycles. The maximum atomic E-state index is 5.72. The number of ether oxygens (including phenoxy) is 1. The molecular weight excluding hydrogens is 248 g/mol. The van der Waals surface area contributed by atoms with Crippen LogP contribution in [-0.4, -0.2) is 49.8 Å². The van der Waals surface area contributed by atoms with Crippen LogP contribution >= 0.6 is 0 Å². The van der Waals surface area contributed by atoms with Crippen LogP contribution in [0.3, 0.4) is 0 Å². The Morgan fingerprint density at radius 2 is 1.95 bits per heavy atom. The van der Waals surface area contributed by atoms with Gasteiger partial charge < -0.3 is 10.1 Å². The molecule has 1 aliphatic carbocycles. The van der Waals surface area contributed by atoms with Gasteiger partial charge in [-0.15, -0.1) is 0 Å². The third-order valence-electron chi connectivity index (χ3n) is 4.97. The predicted octanol–water partition coefficient (Wildman–Crippen LogP) is 2.90. The molecular formula is C17H34N2O. The van der Waals surface area contributed by atoms with Gasteiger partial charge in [0.15, 0.2) is 0 Å². The van der Waals surface area contributed by atoms with Crippen molar-refractivity contribution in [2.45, 2.75) is 65.0 Å². The fraction of sp³-hybridized carbons (Fsp3) is 1.00. The summed E-state index contributed by atoms with van der Waals surface area (Å²) in [7, 11) is 0. The second kappa shape index (κ2) is 8.35. The Bertz CT molecular complexity index is 264. The topological polar surface area (TPSA) is 24.5 Å². The largest absolute Gasteiger partial charge is 0.379 e. The van der Waals surface area contributed by atoms with Crippen LogP contribution in [0.25, 0.3) is 0 Å². The van der Waals surface area contributed by atoms with Crippen LogP contribution in [0.2, 0.25) is 0 Å². The fourth-order valence-corrected chi connectivity index (χ4v) is 3.68. The first kappa shape index (κ1) is 16.3. The van der Waals surface area contributed by atoms with Gasteiger partial charge >= 0.3 is 0 Å². The summed E-state index contributed by atoms with van der Waals surface area (Å²) >= 11 is 0. The Kier molecular flexibility index (Phi) is 6.79. The van der Waals surface area contributed by atoms with Crippen molar-refractivity contribution in [3.63, 3.8) is 0 Å². The molecule has 118 valence electrons. The molecule has 20 heavy (non-hydrogen) atoms. The van der Waals surface area contributed by atoms with E-state index in [4.69, 9.17) is 4.74 Å². The van der Waals surface area contributed by atoms with Gasteiger partial charge in [0.2, 0.25) is 0 Å². The normalized spacial score (nSPS) is 28.1. The average Bonchev–Trinajstić information content (AvgIpc) is 3.06. The van der Waals surface area contributed by atoms with Crippen molar-refractivity contribution in [2.24, 2.45) is 11.8 Å². The van der Waals surface area contributed by atoms with Crippen molar-refractivity contribution in [3.05, 3.63) is 0 Å². The zero-order valence-corrected chi connectivity index (χ0v) is 13.7. The molecule has 0 amide bonds. The first-order valence-corrected chi connectivity index (χ1v) is 8.75. The standard InChI is InChI=1S/C17H34N2O/c1-4-18-17-13-20-12-15(17)11-19(10-9-14(2)3)16-7-5-6-8-16/h14-18H,4-13H2,1-3H3. The number of rotatable bonds is 8. The minimum absolute atomic E-state index is 0.572. The monoisotopic (exact) mass is 282 g/mol.